The maximum Gasteiger partial charge on any atom is 0.262 e. The first-order valence-corrected chi connectivity index (χ1v) is 8.60. The van der Waals surface area contributed by atoms with Gasteiger partial charge in [-0.2, -0.15) is 5.21 Å². The van der Waals surface area contributed by atoms with Gasteiger partial charge in [-0.1, -0.05) is 12.1 Å². The predicted octanol–water partition coefficient (Wildman–Crippen LogP) is 1.68. The topological polar surface area (TPSA) is 119 Å². The second-order valence-electron chi connectivity index (χ2n) is 4.94. The maximum atomic E-state index is 12.6. The molecular weight excluding hydrogens is 346 g/mol. The lowest BCUT2D eigenvalue weighted by molar-refractivity contribution is 0.354. The average molecular weight is 361 g/mol. The Labute approximate surface area is 144 Å². The van der Waals surface area contributed by atoms with Gasteiger partial charge in [0.05, 0.1) is 19.1 Å². The molecule has 0 aliphatic heterocycles. The first kappa shape index (κ1) is 16.7. The number of nitrogens with one attached hydrogen (secondary N) is 2. The van der Waals surface area contributed by atoms with Crippen LogP contribution in [-0.2, 0) is 10.0 Å². The molecule has 0 saturated carbocycles. The number of tetrazole rings is 1. The monoisotopic (exact) mass is 361 g/mol. The molecule has 10 heteroatoms. The number of H-pyrrole nitrogens is 1. The molecule has 0 radical (unpaired) electrons. The van der Waals surface area contributed by atoms with Crippen molar-refractivity contribution in [1.29, 1.82) is 0 Å². The highest BCUT2D eigenvalue weighted by Gasteiger charge is 2.17. The third kappa shape index (κ3) is 3.53. The third-order valence-corrected chi connectivity index (χ3v) is 4.76. The van der Waals surface area contributed by atoms with Gasteiger partial charge in [-0.15, -0.1) is 10.2 Å². The Hall–Kier alpha value is -3.14. The largest absolute Gasteiger partial charge is 0.493 e. The van der Waals surface area contributed by atoms with Crippen LogP contribution in [0.25, 0.3) is 11.4 Å². The van der Waals surface area contributed by atoms with Gasteiger partial charge in [0.2, 0.25) is 5.82 Å². The lowest BCUT2D eigenvalue weighted by atomic mass is 10.2. The second-order valence-corrected chi connectivity index (χ2v) is 6.62. The highest BCUT2D eigenvalue weighted by atomic mass is 32.2. The zero-order valence-electron chi connectivity index (χ0n) is 13.4. The van der Waals surface area contributed by atoms with Crippen molar-refractivity contribution in [2.45, 2.75) is 4.90 Å². The predicted molar refractivity (Wildman–Crippen MR) is 90.0 cm³/mol. The van der Waals surface area contributed by atoms with Crippen LogP contribution in [0, 0.1) is 0 Å². The highest BCUT2D eigenvalue weighted by molar-refractivity contribution is 7.92. The summed E-state index contributed by atoms with van der Waals surface area (Å²) in [6.07, 6.45) is 0. The number of hydrogen-bond acceptors (Lipinski definition) is 7. The maximum absolute atomic E-state index is 12.6. The van der Waals surface area contributed by atoms with Crippen LogP contribution in [0.15, 0.2) is 47.4 Å². The minimum absolute atomic E-state index is 0.0510. The van der Waals surface area contributed by atoms with Crippen LogP contribution in [-0.4, -0.2) is 43.3 Å². The summed E-state index contributed by atoms with van der Waals surface area (Å²) < 4.78 is 38.0. The number of ether oxygens (including phenoxy) is 2. The molecule has 0 amide bonds. The lowest BCUT2D eigenvalue weighted by Gasteiger charge is -2.12. The molecule has 0 spiro atoms. The summed E-state index contributed by atoms with van der Waals surface area (Å²) in [6, 6.07) is 11.0. The zero-order valence-corrected chi connectivity index (χ0v) is 14.2. The van der Waals surface area contributed by atoms with Crippen LogP contribution >= 0.6 is 0 Å². The fourth-order valence-corrected chi connectivity index (χ4v) is 3.27. The number of nitrogens with zero attached hydrogens (tertiary/aromatic N) is 3. The number of anilines is 1. The first-order chi connectivity index (χ1) is 12.0. The summed E-state index contributed by atoms with van der Waals surface area (Å²) in [4.78, 5) is 0.0510. The fourth-order valence-electron chi connectivity index (χ4n) is 2.20. The smallest absolute Gasteiger partial charge is 0.262 e. The van der Waals surface area contributed by atoms with Crippen molar-refractivity contribution in [3.8, 4) is 22.9 Å². The van der Waals surface area contributed by atoms with E-state index in [0.29, 0.717) is 28.6 Å². The molecule has 3 rings (SSSR count). The number of hydrogen-bond donors (Lipinski definition) is 2. The van der Waals surface area contributed by atoms with Crippen molar-refractivity contribution < 1.29 is 17.9 Å². The van der Waals surface area contributed by atoms with Crippen LogP contribution in [0.4, 0.5) is 5.69 Å². The second kappa shape index (κ2) is 6.77. The third-order valence-electron chi connectivity index (χ3n) is 3.38. The van der Waals surface area contributed by atoms with Crippen molar-refractivity contribution in [1.82, 2.24) is 20.6 Å². The minimum Gasteiger partial charge on any atom is -0.493 e. The van der Waals surface area contributed by atoms with Crippen molar-refractivity contribution in [3.63, 3.8) is 0 Å². The molecule has 3 aromatic rings. The summed E-state index contributed by atoms with van der Waals surface area (Å²) in [5.74, 6) is 1.14. The van der Waals surface area contributed by atoms with E-state index in [1.165, 1.54) is 32.4 Å². The van der Waals surface area contributed by atoms with E-state index in [-0.39, 0.29) is 4.90 Å². The molecule has 130 valence electrons. The van der Waals surface area contributed by atoms with Gasteiger partial charge in [0, 0.05) is 17.3 Å². The molecule has 1 aromatic heterocycles. The van der Waals surface area contributed by atoms with Crippen molar-refractivity contribution in [2.75, 3.05) is 18.9 Å². The van der Waals surface area contributed by atoms with E-state index in [1.54, 1.807) is 24.3 Å². The van der Waals surface area contributed by atoms with E-state index in [4.69, 9.17) is 9.47 Å². The Morgan fingerprint density at radius 3 is 2.52 bits per heavy atom. The summed E-state index contributed by atoms with van der Waals surface area (Å²) >= 11 is 0. The minimum atomic E-state index is -3.81. The van der Waals surface area contributed by atoms with Crippen LogP contribution in [0.2, 0.25) is 0 Å². The van der Waals surface area contributed by atoms with Crippen molar-refractivity contribution in [2.24, 2.45) is 0 Å². The van der Waals surface area contributed by atoms with E-state index in [2.05, 4.69) is 25.3 Å². The molecule has 0 atom stereocenters. The van der Waals surface area contributed by atoms with Gasteiger partial charge in [-0.05, 0) is 29.5 Å². The highest BCUT2D eigenvalue weighted by Crippen LogP contribution is 2.30. The van der Waals surface area contributed by atoms with E-state index in [1.807, 2.05) is 0 Å². The molecule has 25 heavy (non-hydrogen) atoms. The lowest BCUT2D eigenvalue weighted by Crippen LogP contribution is -2.13. The zero-order chi connectivity index (χ0) is 17.9. The van der Waals surface area contributed by atoms with E-state index >= 15 is 0 Å². The standard InChI is InChI=1S/C15H15N5O4S/c1-23-13-7-6-12(9-14(13)24-2)25(21,22)18-11-5-3-4-10(8-11)15-16-19-20-17-15/h3-9,18H,1-2H3,(H,16,17,19,20). The molecule has 0 bridgehead atoms. The summed E-state index contributed by atoms with van der Waals surface area (Å²) in [6.45, 7) is 0. The summed E-state index contributed by atoms with van der Waals surface area (Å²) in [5, 5.41) is 13.6. The molecule has 0 aliphatic rings. The number of aromatic nitrogens is 4. The van der Waals surface area contributed by atoms with Crippen LogP contribution in [0.1, 0.15) is 0 Å². The molecule has 0 aliphatic carbocycles. The Bertz CT molecular complexity index is 973. The van der Waals surface area contributed by atoms with Gasteiger partial charge < -0.3 is 9.47 Å². The van der Waals surface area contributed by atoms with Crippen molar-refractivity contribution >= 4 is 15.7 Å². The van der Waals surface area contributed by atoms with Gasteiger partial charge >= 0.3 is 0 Å². The molecule has 1 heterocycles. The normalized spacial score (nSPS) is 11.1. The average Bonchev–Trinajstić information content (AvgIpc) is 3.15. The molecule has 0 unspecified atom stereocenters. The van der Waals surface area contributed by atoms with Gasteiger partial charge in [0.25, 0.3) is 10.0 Å². The number of rotatable bonds is 6. The summed E-state index contributed by atoms with van der Waals surface area (Å²) in [7, 11) is -0.886. The van der Waals surface area contributed by atoms with E-state index in [0.717, 1.165) is 0 Å². The number of methoxy groups -OCH3 is 2. The number of aromatic amines is 1. The Kier molecular flexibility index (Phi) is 4.52. The fraction of sp³-hybridized carbons (Fsp3) is 0.133. The molecule has 0 fully saturated rings. The molecule has 2 N–H and O–H groups in total. The van der Waals surface area contributed by atoms with Crippen molar-refractivity contribution in [3.05, 3.63) is 42.5 Å². The van der Waals surface area contributed by atoms with Crippen LogP contribution < -0.4 is 14.2 Å². The Balaban J connectivity index is 1.91. The van der Waals surface area contributed by atoms with Gasteiger partial charge in [0.15, 0.2) is 11.5 Å². The van der Waals surface area contributed by atoms with Crippen LogP contribution in [0.3, 0.4) is 0 Å². The first-order valence-electron chi connectivity index (χ1n) is 7.12. The molecule has 0 saturated heterocycles. The Morgan fingerprint density at radius 1 is 1.04 bits per heavy atom. The van der Waals surface area contributed by atoms with Crippen LogP contribution in [0.5, 0.6) is 11.5 Å². The van der Waals surface area contributed by atoms with Gasteiger partial charge in [0.1, 0.15) is 0 Å². The molecule has 2 aromatic carbocycles. The van der Waals surface area contributed by atoms with Gasteiger partial charge in [-0.25, -0.2) is 8.42 Å². The molecule has 9 nitrogen and oxygen atoms in total. The number of sulfonamides is 1. The van der Waals surface area contributed by atoms with E-state index < -0.39 is 10.0 Å². The SMILES string of the molecule is COc1ccc(S(=O)(=O)Nc2cccc(-c3nn[nH]n3)c2)cc1OC. The van der Waals surface area contributed by atoms with E-state index in [9.17, 15) is 8.42 Å². The quantitative estimate of drug-likeness (QED) is 0.685. The molecular formula is C15H15N5O4S. The van der Waals surface area contributed by atoms with Gasteiger partial charge in [-0.3, -0.25) is 4.72 Å². The Morgan fingerprint density at radius 2 is 1.84 bits per heavy atom. The summed E-state index contributed by atoms with van der Waals surface area (Å²) in [5.41, 5.74) is 0.998. The number of benzene rings is 2.